The fourth-order valence-corrected chi connectivity index (χ4v) is 2.59. The number of nitrogens with two attached hydrogens (primary N) is 1. The van der Waals surface area contributed by atoms with E-state index in [0.717, 1.165) is 31.6 Å². The Hall–Kier alpha value is -1.59. The number of aliphatic imine (C=N–C) groups is 1. The first-order valence-corrected chi connectivity index (χ1v) is 7.98. The quantitative estimate of drug-likeness (QED) is 0.461. The van der Waals surface area contributed by atoms with Crippen molar-refractivity contribution in [3.05, 3.63) is 29.3 Å². The van der Waals surface area contributed by atoms with E-state index in [-0.39, 0.29) is 0 Å². The van der Waals surface area contributed by atoms with Gasteiger partial charge in [-0.3, -0.25) is 4.99 Å². The summed E-state index contributed by atoms with van der Waals surface area (Å²) in [4.78, 5) is 4.32. The van der Waals surface area contributed by atoms with Crippen LogP contribution in [0.5, 0.6) is 0 Å². The maximum absolute atomic E-state index is 5.90. The lowest BCUT2D eigenvalue weighted by atomic mass is 10.1. The molecule has 0 aliphatic carbocycles. The Morgan fingerprint density at radius 2 is 2.14 bits per heavy atom. The van der Waals surface area contributed by atoms with Crippen molar-refractivity contribution in [2.45, 2.75) is 39.2 Å². The summed E-state index contributed by atoms with van der Waals surface area (Å²) in [5.74, 6) is 0.448. The van der Waals surface area contributed by atoms with Gasteiger partial charge in [-0.2, -0.15) is 0 Å². The van der Waals surface area contributed by atoms with Crippen LogP contribution in [0.3, 0.4) is 0 Å². The van der Waals surface area contributed by atoms with E-state index in [1.54, 1.807) is 0 Å². The Bertz CT molecular complexity index is 476. The highest BCUT2D eigenvalue weighted by Crippen LogP contribution is 2.13. The molecule has 1 atom stereocenters. The predicted octanol–water partition coefficient (Wildman–Crippen LogP) is 2.62. The molecule has 3 N–H and O–H groups in total. The van der Waals surface area contributed by atoms with Gasteiger partial charge in [-0.05, 0) is 56.4 Å². The minimum Gasteiger partial charge on any atom is -0.379 e. The monoisotopic (exact) mass is 305 g/mol. The topological polar surface area (TPSA) is 68.9 Å². The molecule has 5 heteroatoms. The molecule has 1 unspecified atom stereocenters. The summed E-state index contributed by atoms with van der Waals surface area (Å²) in [6, 6.07) is 6.24. The number of rotatable bonds is 7. The zero-order chi connectivity index (χ0) is 15.8. The Kier molecular flexibility index (Phi) is 6.68. The Labute approximate surface area is 132 Å². The molecule has 22 heavy (non-hydrogen) atoms. The van der Waals surface area contributed by atoms with Crippen LogP contribution in [-0.4, -0.2) is 38.4 Å². The van der Waals surface area contributed by atoms with E-state index in [1.165, 1.54) is 11.1 Å². The summed E-state index contributed by atoms with van der Waals surface area (Å²) < 4.78 is 11.1. The van der Waals surface area contributed by atoms with Crippen LogP contribution in [-0.2, 0) is 9.47 Å². The molecule has 1 aromatic rings. The number of nitrogens with one attached hydrogen (secondary N) is 1. The number of anilines is 1. The van der Waals surface area contributed by atoms with Crippen molar-refractivity contribution in [3.8, 4) is 0 Å². The van der Waals surface area contributed by atoms with Crippen molar-refractivity contribution < 1.29 is 9.47 Å². The second-order valence-electron chi connectivity index (χ2n) is 5.83. The molecule has 1 heterocycles. The highest BCUT2D eigenvalue weighted by Gasteiger charge is 2.14. The smallest absolute Gasteiger partial charge is 0.193 e. The van der Waals surface area contributed by atoms with Crippen LogP contribution >= 0.6 is 0 Å². The van der Waals surface area contributed by atoms with Crippen molar-refractivity contribution in [1.82, 2.24) is 0 Å². The summed E-state index contributed by atoms with van der Waals surface area (Å²) in [5.41, 5.74) is 9.29. The number of aryl methyl sites for hydroxylation is 2. The third-order valence-electron chi connectivity index (χ3n) is 3.55. The molecular weight excluding hydrogens is 278 g/mol. The zero-order valence-corrected chi connectivity index (χ0v) is 13.6. The summed E-state index contributed by atoms with van der Waals surface area (Å²) in [7, 11) is 0. The zero-order valence-electron chi connectivity index (χ0n) is 13.6. The molecular formula is C17H27N3O2. The van der Waals surface area contributed by atoms with Gasteiger partial charge in [-0.25, -0.2) is 0 Å². The number of hydrogen-bond acceptors (Lipinski definition) is 3. The van der Waals surface area contributed by atoms with Gasteiger partial charge in [0.2, 0.25) is 0 Å². The molecule has 0 saturated carbocycles. The maximum atomic E-state index is 5.90. The molecule has 0 amide bonds. The molecule has 0 radical (unpaired) electrons. The molecule has 1 aliphatic rings. The van der Waals surface area contributed by atoms with E-state index in [1.807, 2.05) is 0 Å². The van der Waals surface area contributed by atoms with E-state index in [2.05, 4.69) is 42.4 Å². The first-order valence-electron chi connectivity index (χ1n) is 7.98. The van der Waals surface area contributed by atoms with Crippen LogP contribution in [0.1, 0.15) is 30.4 Å². The van der Waals surface area contributed by atoms with Crippen molar-refractivity contribution in [2.24, 2.45) is 10.7 Å². The Morgan fingerprint density at radius 3 is 2.82 bits per heavy atom. The summed E-state index contributed by atoms with van der Waals surface area (Å²) >= 11 is 0. The van der Waals surface area contributed by atoms with Crippen LogP contribution in [0.4, 0.5) is 5.69 Å². The normalized spacial score (nSPS) is 18.6. The fourth-order valence-electron chi connectivity index (χ4n) is 2.59. The van der Waals surface area contributed by atoms with Crippen LogP contribution < -0.4 is 11.1 Å². The molecule has 122 valence electrons. The van der Waals surface area contributed by atoms with E-state index >= 15 is 0 Å². The minimum absolute atomic E-state index is 0.291. The first-order chi connectivity index (χ1) is 10.6. The molecule has 0 spiro atoms. The maximum Gasteiger partial charge on any atom is 0.193 e. The van der Waals surface area contributed by atoms with E-state index in [4.69, 9.17) is 15.2 Å². The van der Waals surface area contributed by atoms with Gasteiger partial charge in [-0.15, -0.1) is 0 Å². The van der Waals surface area contributed by atoms with Crippen LogP contribution in [0.15, 0.2) is 23.2 Å². The van der Waals surface area contributed by atoms with Gasteiger partial charge in [0.15, 0.2) is 5.96 Å². The predicted molar refractivity (Wildman–Crippen MR) is 90.4 cm³/mol. The Balaban J connectivity index is 1.62. The van der Waals surface area contributed by atoms with Crippen molar-refractivity contribution >= 4 is 11.6 Å². The molecule has 0 aromatic heterocycles. The van der Waals surface area contributed by atoms with Crippen molar-refractivity contribution in [2.75, 3.05) is 31.7 Å². The van der Waals surface area contributed by atoms with Crippen LogP contribution in [0.25, 0.3) is 0 Å². The van der Waals surface area contributed by atoms with Gasteiger partial charge in [-0.1, -0.05) is 6.07 Å². The Morgan fingerprint density at radius 1 is 1.36 bits per heavy atom. The van der Waals surface area contributed by atoms with Crippen LogP contribution in [0.2, 0.25) is 0 Å². The summed E-state index contributed by atoms with van der Waals surface area (Å²) in [5, 5.41) is 3.13. The van der Waals surface area contributed by atoms with E-state index < -0.39 is 0 Å². The lowest BCUT2D eigenvalue weighted by molar-refractivity contribution is 0.0171. The summed E-state index contributed by atoms with van der Waals surface area (Å²) in [6.07, 6.45) is 3.42. The molecule has 1 saturated heterocycles. The van der Waals surface area contributed by atoms with Gasteiger partial charge in [0.1, 0.15) is 0 Å². The van der Waals surface area contributed by atoms with Crippen molar-refractivity contribution in [1.29, 1.82) is 0 Å². The highest BCUT2D eigenvalue weighted by molar-refractivity contribution is 5.92. The molecule has 5 nitrogen and oxygen atoms in total. The molecule has 2 rings (SSSR count). The molecule has 1 aliphatic heterocycles. The van der Waals surface area contributed by atoms with Crippen molar-refractivity contribution in [3.63, 3.8) is 0 Å². The SMILES string of the molecule is Cc1cc(C)cc(NC(N)=NCCCOCC2CCCO2)c1. The average Bonchev–Trinajstić information content (AvgIpc) is 2.94. The number of hydrogen-bond donors (Lipinski definition) is 2. The lowest BCUT2D eigenvalue weighted by Crippen LogP contribution is -2.23. The van der Waals surface area contributed by atoms with Gasteiger partial charge < -0.3 is 20.5 Å². The van der Waals surface area contributed by atoms with Gasteiger partial charge in [0, 0.05) is 25.4 Å². The number of nitrogens with zero attached hydrogens (tertiary/aromatic N) is 1. The molecule has 1 aromatic carbocycles. The van der Waals surface area contributed by atoms with Crippen LogP contribution in [0, 0.1) is 13.8 Å². The average molecular weight is 305 g/mol. The van der Waals surface area contributed by atoms with Gasteiger partial charge >= 0.3 is 0 Å². The van der Waals surface area contributed by atoms with E-state index in [9.17, 15) is 0 Å². The second-order valence-corrected chi connectivity index (χ2v) is 5.83. The number of ether oxygens (including phenoxy) is 2. The summed E-state index contributed by atoms with van der Waals surface area (Å²) in [6.45, 7) is 7.06. The fraction of sp³-hybridized carbons (Fsp3) is 0.588. The standard InChI is InChI=1S/C17H27N3O2/c1-13-9-14(2)11-15(10-13)20-17(18)19-6-4-7-21-12-16-5-3-8-22-16/h9-11,16H,3-8,12H2,1-2H3,(H3,18,19,20). The highest BCUT2D eigenvalue weighted by atomic mass is 16.5. The van der Waals surface area contributed by atoms with Gasteiger partial charge in [0.05, 0.1) is 12.7 Å². The first kappa shape index (κ1) is 16.8. The lowest BCUT2D eigenvalue weighted by Gasteiger charge is -2.10. The molecule has 0 bridgehead atoms. The number of benzene rings is 1. The second kappa shape index (κ2) is 8.76. The minimum atomic E-state index is 0.291. The third kappa shape index (κ3) is 6.03. The number of guanidine groups is 1. The molecule has 1 fully saturated rings. The van der Waals surface area contributed by atoms with Gasteiger partial charge in [0.25, 0.3) is 0 Å². The van der Waals surface area contributed by atoms with E-state index in [0.29, 0.717) is 31.8 Å². The third-order valence-corrected chi connectivity index (χ3v) is 3.55. The largest absolute Gasteiger partial charge is 0.379 e.